The minimum absolute atomic E-state index is 0. The van der Waals surface area contributed by atoms with Gasteiger partial charge in [0.25, 0.3) is 0 Å². The van der Waals surface area contributed by atoms with E-state index in [-0.39, 0.29) is 16.5 Å². The van der Waals surface area contributed by atoms with Gasteiger partial charge in [0.05, 0.1) is 5.66 Å². The summed E-state index contributed by atoms with van der Waals surface area (Å²) in [6, 6.07) is 0. The Morgan fingerprint density at radius 3 is 1.43 bits per heavy atom. The molecule has 43 valence electrons. The summed E-state index contributed by atoms with van der Waals surface area (Å²) in [4.78, 5) is 36.0. The van der Waals surface area contributed by atoms with Crippen LogP contribution >= 0.6 is 7.57 Å². The van der Waals surface area contributed by atoms with Crippen molar-refractivity contribution in [3.8, 4) is 0 Å². The maximum atomic E-state index is 9.05. The molecule has 6 heteroatoms. The molecule has 0 atom stereocenters. The van der Waals surface area contributed by atoms with Crippen LogP contribution in [0, 0.1) is 0 Å². The van der Waals surface area contributed by atoms with Crippen LogP contribution in [0.1, 0.15) is 0 Å². The molecule has 0 unspecified atom stereocenters. The second-order valence-corrected chi connectivity index (χ2v) is 1.77. The Kier molecular flexibility index (Phi) is 5.03. The molecule has 0 N–H and O–H groups in total. The molecule has 0 saturated heterocycles. The molecular formula is CNiO4P. The van der Waals surface area contributed by atoms with Gasteiger partial charge in [0.2, 0.25) is 0 Å². The minimum atomic E-state index is -4.95. The van der Waals surface area contributed by atoms with Crippen LogP contribution in [0.5, 0.6) is 0 Å². The summed E-state index contributed by atoms with van der Waals surface area (Å²) in [6.45, 7) is 0. The van der Waals surface area contributed by atoms with E-state index in [0.717, 1.165) is 0 Å². The van der Waals surface area contributed by atoms with Gasteiger partial charge < -0.3 is 14.7 Å². The average molecular weight is 166 g/mol. The molecule has 4 nitrogen and oxygen atoms in total. The van der Waals surface area contributed by atoms with Crippen LogP contribution in [-0.4, -0.2) is 5.66 Å². The van der Waals surface area contributed by atoms with Crippen LogP contribution in [0.2, 0.25) is 0 Å². The third-order valence-corrected chi connectivity index (χ3v) is 0.335. The van der Waals surface area contributed by atoms with Gasteiger partial charge in [-0.25, -0.2) is 4.79 Å². The Morgan fingerprint density at radius 1 is 1.29 bits per heavy atom. The summed E-state index contributed by atoms with van der Waals surface area (Å²) in [5, 5.41) is 0. The zero-order chi connectivity index (χ0) is 5.21. The normalized spacial score (nSPS) is 9.00. The standard InChI is InChI=1S/CO4P.Ni/c2-1-6(3,4)5;/q-3;+3. The fourth-order valence-electron chi connectivity index (χ4n) is 0. The zero-order valence-electron chi connectivity index (χ0n) is 2.90. The van der Waals surface area contributed by atoms with Crippen molar-refractivity contribution in [2.75, 3.05) is 0 Å². The summed E-state index contributed by atoms with van der Waals surface area (Å²) in [5.41, 5.74) is 0.299. The summed E-state index contributed by atoms with van der Waals surface area (Å²) in [6.07, 6.45) is 0. The van der Waals surface area contributed by atoms with Crippen molar-refractivity contribution in [2.24, 2.45) is 0 Å². The van der Waals surface area contributed by atoms with Gasteiger partial charge in [0.1, 0.15) is 0 Å². The molecule has 0 bridgehead atoms. The minimum Gasteiger partial charge on any atom is -0.844 e. The first-order valence-corrected chi connectivity index (χ1v) is 2.52. The maximum absolute atomic E-state index is 9.05. The van der Waals surface area contributed by atoms with Gasteiger partial charge in [-0.3, -0.25) is 7.57 Å². The first-order chi connectivity index (χ1) is 2.56. The third kappa shape index (κ3) is 10.7. The second kappa shape index (κ2) is 3.39. The van der Waals surface area contributed by atoms with Crippen LogP contribution < -0.4 is 14.7 Å². The Labute approximate surface area is 49.9 Å². The van der Waals surface area contributed by atoms with Crippen LogP contribution in [0.3, 0.4) is 0 Å². The van der Waals surface area contributed by atoms with Gasteiger partial charge in [-0.2, -0.15) is 0 Å². The van der Waals surface area contributed by atoms with E-state index in [4.69, 9.17) is 19.5 Å². The molecule has 7 heavy (non-hydrogen) atoms. The Hall–Kier alpha value is 0.384. The van der Waals surface area contributed by atoms with Crippen molar-refractivity contribution in [2.45, 2.75) is 0 Å². The van der Waals surface area contributed by atoms with E-state index in [9.17, 15) is 0 Å². The maximum Gasteiger partial charge on any atom is 3.00 e. The summed E-state index contributed by atoms with van der Waals surface area (Å²) < 4.78 is 0. The van der Waals surface area contributed by atoms with Crippen molar-refractivity contribution in [3.05, 3.63) is 0 Å². The molecule has 0 aliphatic heterocycles. The van der Waals surface area contributed by atoms with E-state index < -0.39 is 7.57 Å². The molecule has 0 heterocycles. The van der Waals surface area contributed by atoms with Gasteiger partial charge in [-0.1, -0.05) is 0 Å². The fourth-order valence-corrected chi connectivity index (χ4v) is 0. The fraction of sp³-hybridized carbons (Fsp3) is 0. The smallest absolute Gasteiger partial charge is 0.844 e. The Morgan fingerprint density at radius 2 is 1.43 bits per heavy atom. The molecule has 0 aromatic carbocycles. The number of hydrogen-bond acceptors (Lipinski definition) is 4. The molecule has 0 fully saturated rings. The molecule has 0 rings (SSSR count). The molecule has 0 aliphatic rings. The van der Waals surface area contributed by atoms with Crippen molar-refractivity contribution in [1.82, 2.24) is 0 Å². The Bertz CT molecular complexity index is 101. The Balaban J connectivity index is 0. The average Bonchev–Trinajstić information content (AvgIpc) is 1.35. The van der Waals surface area contributed by atoms with Crippen LogP contribution in [-0.2, 0) is 21.3 Å². The molecule has 0 aliphatic carbocycles. The van der Waals surface area contributed by atoms with Crippen LogP contribution in [0.4, 0.5) is 0 Å². The van der Waals surface area contributed by atoms with Gasteiger partial charge in [0.15, 0.2) is 0 Å². The number of rotatable bonds is 0. The summed E-state index contributed by atoms with van der Waals surface area (Å²) in [5.74, 6) is 0. The molecule has 0 saturated carbocycles. The van der Waals surface area contributed by atoms with Crippen molar-refractivity contribution >= 4 is 13.2 Å². The molecule has 0 aromatic heterocycles. The summed E-state index contributed by atoms with van der Waals surface area (Å²) >= 11 is 0. The topological polar surface area (TPSA) is 86.2 Å². The van der Waals surface area contributed by atoms with E-state index in [1.165, 1.54) is 0 Å². The third-order valence-electron chi connectivity index (χ3n) is 0.112. The first-order valence-electron chi connectivity index (χ1n) is 0.975. The van der Waals surface area contributed by atoms with Crippen LogP contribution in [0.15, 0.2) is 0 Å². The molecule has 0 aromatic rings. The largest absolute Gasteiger partial charge is 3.00 e. The van der Waals surface area contributed by atoms with E-state index in [1.807, 2.05) is 0 Å². The molecule has 1 radical (unpaired) electrons. The molecule has 0 amide bonds. The predicted molar refractivity (Wildman–Crippen MR) is 12.6 cm³/mol. The second-order valence-electron chi connectivity index (χ2n) is 0.589. The number of carbonyl (C=O) groups excluding carboxylic acids is 1. The predicted octanol–water partition coefficient (Wildman–Crippen LogP) is -3.11. The quantitative estimate of drug-likeness (QED) is 0.281. The monoisotopic (exact) mass is 165 g/mol. The van der Waals surface area contributed by atoms with E-state index >= 15 is 0 Å². The SMILES string of the molecule is O=C=P([O-])([O-])[O-].[Ni+3]. The van der Waals surface area contributed by atoms with Gasteiger partial charge in [-0.05, 0) is 0 Å². The van der Waals surface area contributed by atoms with Crippen molar-refractivity contribution in [1.29, 1.82) is 0 Å². The van der Waals surface area contributed by atoms with Crippen LogP contribution in [0.25, 0.3) is 0 Å². The summed E-state index contributed by atoms with van der Waals surface area (Å²) in [7, 11) is -4.95. The van der Waals surface area contributed by atoms with Gasteiger partial charge in [0, 0.05) is 0 Å². The number of hydrogen-bond donors (Lipinski definition) is 0. The molecular weight excluding hydrogens is 166 g/mol. The first kappa shape index (κ1) is 10.4. The van der Waals surface area contributed by atoms with Gasteiger partial charge >= 0.3 is 16.5 Å². The zero-order valence-corrected chi connectivity index (χ0v) is 4.78. The van der Waals surface area contributed by atoms with E-state index in [1.54, 1.807) is 0 Å². The van der Waals surface area contributed by atoms with E-state index in [2.05, 4.69) is 0 Å². The van der Waals surface area contributed by atoms with Gasteiger partial charge in [-0.15, -0.1) is 0 Å². The van der Waals surface area contributed by atoms with Crippen molar-refractivity contribution < 1.29 is 36.0 Å². The van der Waals surface area contributed by atoms with E-state index in [0.29, 0.717) is 5.66 Å². The molecule has 0 spiro atoms. The van der Waals surface area contributed by atoms with Crippen molar-refractivity contribution in [3.63, 3.8) is 0 Å².